The Balaban J connectivity index is 2.09. The summed E-state index contributed by atoms with van der Waals surface area (Å²) in [4.78, 5) is 11.4. The van der Waals surface area contributed by atoms with E-state index in [1.54, 1.807) is 12.1 Å². The Morgan fingerprint density at radius 3 is 2.78 bits per heavy atom. The van der Waals surface area contributed by atoms with Gasteiger partial charge in [0.15, 0.2) is 11.3 Å². The first kappa shape index (κ1) is 10.9. The summed E-state index contributed by atoms with van der Waals surface area (Å²) >= 11 is 0. The summed E-state index contributed by atoms with van der Waals surface area (Å²) in [6.45, 7) is 1.81. The normalized spacial score (nSPS) is 17.4. The fraction of sp³-hybridized carbons (Fsp3) is 0.455. The third-order valence-corrected chi connectivity index (χ3v) is 3.41. The number of aliphatic carboxylic acids is 1. The smallest absolute Gasteiger partial charge is 0.331 e. The van der Waals surface area contributed by atoms with Crippen LogP contribution in [0.2, 0.25) is 0 Å². The van der Waals surface area contributed by atoms with E-state index in [4.69, 9.17) is 4.42 Å². The molecule has 2 heterocycles. The topological polar surface area (TPSA) is 94.0 Å². The van der Waals surface area contributed by atoms with Crippen LogP contribution in [0.15, 0.2) is 16.5 Å². The largest absolute Gasteiger partial charge is 0.479 e. The number of furan rings is 1. The SMILES string of the molecule is Cc1ccc(-c2nnnn2C2(C(=O)O)CCC2)o1. The zero-order valence-corrected chi connectivity index (χ0v) is 9.83. The van der Waals surface area contributed by atoms with Gasteiger partial charge in [-0.25, -0.2) is 9.48 Å². The second-order valence-electron chi connectivity index (χ2n) is 4.51. The van der Waals surface area contributed by atoms with Crippen molar-refractivity contribution in [1.29, 1.82) is 0 Å². The summed E-state index contributed by atoms with van der Waals surface area (Å²) in [5.41, 5.74) is -1.01. The maximum atomic E-state index is 11.4. The van der Waals surface area contributed by atoms with Crippen molar-refractivity contribution < 1.29 is 14.3 Å². The Bertz CT molecular complexity index is 597. The molecule has 0 amide bonds. The van der Waals surface area contributed by atoms with Gasteiger partial charge in [-0.05, 0) is 48.7 Å². The van der Waals surface area contributed by atoms with Gasteiger partial charge in [0.25, 0.3) is 0 Å². The summed E-state index contributed by atoms with van der Waals surface area (Å²) in [7, 11) is 0. The molecule has 18 heavy (non-hydrogen) atoms. The number of hydrogen-bond acceptors (Lipinski definition) is 5. The van der Waals surface area contributed by atoms with E-state index in [0.29, 0.717) is 24.4 Å². The molecule has 0 radical (unpaired) electrons. The Morgan fingerprint density at radius 2 is 2.28 bits per heavy atom. The van der Waals surface area contributed by atoms with Gasteiger partial charge in [-0.2, -0.15) is 0 Å². The number of rotatable bonds is 3. The highest BCUT2D eigenvalue weighted by atomic mass is 16.4. The Labute approximate surface area is 102 Å². The van der Waals surface area contributed by atoms with Crippen molar-refractivity contribution in [3.05, 3.63) is 17.9 Å². The molecular weight excluding hydrogens is 236 g/mol. The lowest BCUT2D eigenvalue weighted by Gasteiger charge is -2.37. The van der Waals surface area contributed by atoms with Gasteiger partial charge in [-0.1, -0.05) is 0 Å². The second-order valence-corrected chi connectivity index (χ2v) is 4.51. The standard InChI is InChI=1S/C11H12N4O3/c1-7-3-4-8(18-7)9-12-13-14-15(9)11(10(16)17)5-2-6-11/h3-4H,2,5-6H2,1H3,(H,16,17). The molecule has 0 atom stereocenters. The van der Waals surface area contributed by atoms with Crippen LogP contribution in [-0.2, 0) is 10.3 Å². The van der Waals surface area contributed by atoms with Crippen LogP contribution in [-0.4, -0.2) is 31.3 Å². The molecule has 1 aliphatic rings. The van der Waals surface area contributed by atoms with Crippen molar-refractivity contribution in [3.63, 3.8) is 0 Å². The van der Waals surface area contributed by atoms with E-state index < -0.39 is 11.5 Å². The zero-order valence-electron chi connectivity index (χ0n) is 9.83. The highest BCUT2D eigenvalue weighted by molar-refractivity contribution is 5.78. The van der Waals surface area contributed by atoms with Gasteiger partial charge in [-0.3, -0.25) is 0 Å². The molecule has 1 aliphatic carbocycles. The second kappa shape index (κ2) is 3.66. The minimum Gasteiger partial charge on any atom is -0.479 e. The molecule has 0 aromatic carbocycles. The van der Waals surface area contributed by atoms with Gasteiger partial charge in [-0.15, -0.1) is 5.10 Å². The fourth-order valence-electron chi connectivity index (χ4n) is 2.21. The van der Waals surface area contributed by atoms with Crippen LogP contribution in [0.4, 0.5) is 0 Å². The van der Waals surface area contributed by atoms with Crippen molar-refractivity contribution in [2.24, 2.45) is 0 Å². The zero-order chi connectivity index (χ0) is 12.8. The molecule has 3 rings (SSSR count). The van der Waals surface area contributed by atoms with E-state index in [9.17, 15) is 9.90 Å². The molecule has 1 N–H and O–H groups in total. The Kier molecular flexibility index (Phi) is 2.22. The van der Waals surface area contributed by atoms with E-state index >= 15 is 0 Å². The number of aromatic nitrogens is 4. The molecule has 2 aromatic rings. The van der Waals surface area contributed by atoms with Crippen molar-refractivity contribution in [2.75, 3.05) is 0 Å². The molecule has 94 valence electrons. The number of carboxylic acid groups (broad SMARTS) is 1. The van der Waals surface area contributed by atoms with E-state index in [0.717, 1.165) is 12.2 Å². The first-order valence-corrected chi connectivity index (χ1v) is 5.72. The van der Waals surface area contributed by atoms with Crippen molar-refractivity contribution in [2.45, 2.75) is 31.7 Å². The van der Waals surface area contributed by atoms with Gasteiger partial charge < -0.3 is 9.52 Å². The summed E-state index contributed by atoms with van der Waals surface area (Å²) in [6.07, 6.45) is 1.95. The van der Waals surface area contributed by atoms with Crippen molar-refractivity contribution >= 4 is 5.97 Å². The molecule has 0 saturated heterocycles. The van der Waals surface area contributed by atoms with Gasteiger partial charge >= 0.3 is 5.97 Å². The summed E-state index contributed by atoms with van der Waals surface area (Å²) in [5, 5.41) is 20.7. The molecule has 0 unspecified atom stereocenters. The van der Waals surface area contributed by atoms with Crippen LogP contribution in [0.25, 0.3) is 11.6 Å². The van der Waals surface area contributed by atoms with E-state index in [1.807, 2.05) is 6.92 Å². The molecule has 0 bridgehead atoms. The molecule has 7 nitrogen and oxygen atoms in total. The van der Waals surface area contributed by atoms with Gasteiger partial charge in [0.2, 0.25) is 5.82 Å². The maximum Gasteiger partial charge on any atom is 0.331 e. The Hall–Kier alpha value is -2.18. The average molecular weight is 248 g/mol. The lowest BCUT2D eigenvalue weighted by atomic mass is 9.77. The minimum absolute atomic E-state index is 0.366. The number of hydrogen-bond donors (Lipinski definition) is 1. The Morgan fingerprint density at radius 1 is 1.50 bits per heavy atom. The van der Waals surface area contributed by atoms with Crippen molar-refractivity contribution in [1.82, 2.24) is 20.2 Å². The summed E-state index contributed by atoms with van der Waals surface area (Å²) in [6, 6.07) is 3.54. The maximum absolute atomic E-state index is 11.4. The predicted molar refractivity (Wildman–Crippen MR) is 59.7 cm³/mol. The third-order valence-electron chi connectivity index (χ3n) is 3.41. The molecule has 0 aliphatic heterocycles. The highest BCUT2D eigenvalue weighted by Crippen LogP contribution is 2.40. The van der Waals surface area contributed by atoms with Gasteiger partial charge in [0, 0.05) is 0 Å². The first-order valence-electron chi connectivity index (χ1n) is 5.72. The quantitative estimate of drug-likeness (QED) is 0.877. The van der Waals surface area contributed by atoms with E-state index in [-0.39, 0.29) is 0 Å². The van der Waals surface area contributed by atoms with Gasteiger partial charge in [0.1, 0.15) is 5.76 Å². The van der Waals surface area contributed by atoms with Crippen LogP contribution in [0.3, 0.4) is 0 Å². The van der Waals surface area contributed by atoms with Crippen LogP contribution in [0, 0.1) is 6.92 Å². The average Bonchev–Trinajstić information content (AvgIpc) is 2.84. The van der Waals surface area contributed by atoms with E-state index in [2.05, 4.69) is 15.5 Å². The molecule has 7 heteroatoms. The first-order chi connectivity index (χ1) is 8.63. The molecule has 0 spiro atoms. The van der Waals surface area contributed by atoms with Crippen LogP contribution in [0.5, 0.6) is 0 Å². The monoisotopic (exact) mass is 248 g/mol. The lowest BCUT2D eigenvalue weighted by molar-refractivity contribution is -0.153. The molecule has 1 saturated carbocycles. The number of carbonyl (C=O) groups is 1. The number of tetrazole rings is 1. The molecule has 1 fully saturated rings. The van der Waals surface area contributed by atoms with Crippen LogP contribution >= 0.6 is 0 Å². The highest BCUT2D eigenvalue weighted by Gasteiger charge is 2.49. The van der Waals surface area contributed by atoms with Crippen LogP contribution < -0.4 is 0 Å². The summed E-state index contributed by atoms with van der Waals surface area (Å²) < 4.78 is 6.83. The summed E-state index contributed by atoms with van der Waals surface area (Å²) in [5.74, 6) is 0.693. The number of nitrogens with zero attached hydrogens (tertiary/aromatic N) is 4. The fourth-order valence-corrected chi connectivity index (χ4v) is 2.21. The number of carboxylic acids is 1. The lowest BCUT2D eigenvalue weighted by Crippen LogP contribution is -2.48. The number of aryl methyl sites for hydroxylation is 1. The predicted octanol–water partition coefficient (Wildman–Crippen LogP) is 1.21. The van der Waals surface area contributed by atoms with Gasteiger partial charge in [0.05, 0.1) is 0 Å². The molecule has 2 aromatic heterocycles. The van der Waals surface area contributed by atoms with Crippen molar-refractivity contribution in [3.8, 4) is 11.6 Å². The molecular formula is C11H12N4O3. The van der Waals surface area contributed by atoms with E-state index in [1.165, 1.54) is 4.68 Å². The third kappa shape index (κ3) is 1.36. The van der Waals surface area contributed by atoms with Crippen LogP contribution in [0.1, 0.15) is 25.0 Å². The minimum atomic E-state index is -1.01.